The Hall–Kier alpha value is -2.59. The largest absolute Gasteiger partial charge is 0.376 e. The second-order valence-corrected chi connectivity index (χ2v) is 7.69. The van der Waals surface area contributed by atoms with Crippen LogP contribution in [0, 0.1) is 5.82 Å². The van der Waals surface area contributed by atoms with Crippen molar-refractivity contribution in [2.24, 2.45) is 0 Å². The Morgan fingerprint density at radius 2 is 2.22 bits per heavy atom. The molecule has 3 aromatic heterocycles. The Morgan fingerprint density at radius 3 is 3.04 bits per heavy atom. The Balaban J connectivity index is 1.41. The molecule has 2 aliphatic rings. The number of hydrogen-bond acceptors (Lipinski definition) is 8. The second kappa shape index (κ2) is 6.86. The maximum atomic E-state index is 13.0. The van der Waals surface area contributed by atoms with Crippen molar-refractivity contribution in [3.63, 3.8) is 0 Å². The molecule has 2 aliphatic heterocycles. The topological polar surface area (TPSA) is 91.8 Å². The number of nitrogens with zero attached hydrogens (tertiary/aromatic N) is 5. The van der Waals surface area contributed by atoms with Crippen LogP contribution in [0.2, 0.25) is 0 Å². The molecule has 0 bridgehead atoms. The zero-order chi connectivity index (χ0) is 18.2. The van der Waals surface area contributed by atoms with Crippen LogP contribution in [0.4, 0.5) is 21.3 Å². The van der Waals surface area contributed by atoms with E-state index in [-0.39, 0.29) is 6.10 Å². The van der Waals surface area contributed by atoms with Crippen LogP contribution in [0.15, 0.2) is 18.6 Å². The van der Waals surface area contributed by atoms with Crippen LogP contribution in [-0.4, -0.2) is 50.9 Å². The standard InChI is InChI=1S/C17H18FN7OS/c18-10-6-19-16(20-7-10)23-17-22-14-12-8-21-24-15(12)25(4-3-13(14)27-17)9-11-2-1-5-26-11/h6-8,11H,1-5,9H2,(H,21,24)(H,19,20,22,23)/t11-/m1/s1. The van der Waals surface area contributed by atoms with Gasteiger partial charge in [0, 0.05) is 31.0 Å². The minimum Gasteiger partial charge on any atom is -0.376 e. The average molecular weight is 387 g/mol. The van der Waals surface area contributed by atoms with Gasteiger partial charge < -0.3 is 15.0 Å². The number of ether oxygens (including phenoxy) is 1. The molecule has 5 rings (SSSR count). The number of rotatable bonds is 4. The lowest BCUT2D eigenvalue weighted by Crippen LogP contribution is -2.33. The molecule has 27 heavy (non-hydrogen) atoms. The molecule has 0 saturated carbocycles. The molecule has 0 unspecified atom stereocenters. The molecule has 140 valence electrons. The highest BCUT2D eigenvalue weighted by atomic mass is 32.1. The quantitative estimate of drug-likeness (QED) is 0.711. The second-order valence-electron chi connectivity index (χ2n) is 6.60. The van der Waals surface area contributed by atoms with Gasteiger partial charge in [0.1, 0.15) is 5.82 Å². The first-order valence-corrected chi connectivity index (χ1v) is 9.72. The van der Waals surface area contributed by atoms with Crippen LogP contribution in [-0.2, 0) is 11.2 Å². The maximum Gasteiger partial charge on any atom is 0.229 e. The van der Waals surface area contributed by atoms with Gasteiger partial charge in [-0.3, -0.25) is 5.10 Å². The number of anilines is 3. The highest BCUT2D eigenvalue weighted by Crippen LogP contribution is 2.39. The van der Waals surface area contributed by atoms with E-state index in [2.05, 4.69) is 30.4 Å². The fourth-order valence-electron chi connectivity index (χ4n) is 3.52. The van der Waals surface area contributed by atoms with E-state index in [1.54, 1.807) is 11.3 Å². The fraction of sp³-hybridized carbons (Fsp3) is 0.412. The van der Waals surface area contributed by atoms with Crippen molar-refractivity contribution in [2.75, 3.05) is 29.9 Å². The third-order valence-electron chi connectivity index (χ3n) is 4.78. The van der Waals surface area contributed by atoms with Crippen molar-refractivity contribution < 1.29 is 9.13 Å². The maximum absolute atomic E-state index is 13.0. The Morgan fingerprint density at radius 1 is 1.33 bits per heavy atom. The normalized spacial score (nSPS) is 18.9. The summed E-state index contributed by atoms with van der Waals surface area (Å²) in [6.45, 7) is 2.58. The summed E-state index contributed by atoms with van der Waals surface area (Å²) in [7, 11) is 0. The summed E-state index contributed by atoms with van der Waals surface area (Å²) in [5, 5.41) is 11.1. The van der Waals surface area contributed by atoms with E-state index in [1.807, 2.05) is 6.20 Å². The van der Waals surface area contributed by atoms with E-state index in [1.165, 1.54) is 4.88 Å². The molecule has 10 heteroatoms. The molecule has 1 fully saturated rings. The molecule has 0 aliphatic carbocycles. The first kappa shape index (κ1) is 16.6. The number of halogens is 1. The number of thiazole rings is 1. The fourth-order valence-corrected chi connectivity index (χ4v) is 4.47. The molecule has 0 amide bonds. The van der Waals surface area contributed by atoms with Crippen molar-refractivity contribution in [3.8, 4) is 11.3 Å². The number of fused-ring (bicyclic) bond motifs is 3. The Labute approximate surface area is 158 Å². The van der Waals surface area contributed by atoms with Gasteiger partial charge in [-0.25, -0.2) is 19.3 Å². The zero-order valence-electron chi connectivity index (χ0n) is 14.5. The molecule has 8 nitrogen and oxygen atoms in total. The van der Waals surface area contributed by atoms with E-state index < -0.39 is 5.82 Å². The highest BCUT2D eigenvalue weighted by molar-refractivity contribution is 7.16. The Kier molecular flexibility index (Phi) is 4.21. The number of H-pyrrole nitrogens is 1. The molecule has 2 N–H and O–H groups in total. The van der Waals surface area contributed by atoms with E-state index in [0.717, 1.165) is 68.4 Å². The molecule has 1 atom stereocenters. The molecule has 5 heterocycles. The smallest absolute Gasteiger partial charge is 0.229 e. The van der Waals surface area contributed by atoms with E-state index in [4.69, 9.17) is 9.72 Å². The summed E-state index contributed by atoms with van der Waals surface area (Å²) in [6.07, 6.45) is 7.47. The summed E-state index contributed by atoms with van der Waals surface area (Å²) in [6, 6.07) is 0. The van der Waals surface area contributed by atoms with Crippen molar-refractivity contribution in [1.82, 2.24) is 25.1 Å². The van der Waals surface area contributed by atoms with Gasteiger partial charge in [-0.2, -0.15) is 5.10 Å². The zero-order valence-corrected chi connectivity index (χ0v) is 15.3. The lowest BCUT2D eigenvalue weighted by Gasteiger charge is -2.25. The van der Waals surface area contributed by atoms with Crippen molar-refractivity contribution in [1.29, 1.82) is 0 Å². The SMILES string of the molecule is Fc1cnc(Nc2nc3c(s2)CCN(C[C@H]2CCCO2)c2[nH]ncc2-3)nc1. The van der Waals surface area contributed by atoms with Gasteiger partial charge in [0.05, 0.1) is 36.0 Å². The molecule has 0 aromatic carbocycles. The van der Waals surface area contributed by atoms with Gasteiger partial charge in [-0.05, 0) is 12.8 Å². The number of aromatic nitrogens is 5. The third-order valence-corrected chi connectivity index (χ3v) is 5.81. The van der Waals surface area contributed by atoms with Crippen LogP contribution in [0.5, 0.6) is 0 Å². The summed E-state index contributed by atoms with van der Waals surface area (Å²) >= 11 is 1.56. The summed E-state index contributed by atoms with van der Waals surface area (Å²) in [4.78, 5) is 16.1. The number of nitrogens with one attached hydrogen (secondary N) is 2. The predicted molar refractivity (Wildman–Crippen MR) is 99.9 cm³/mol. The minimum absolute atomic E-state index is 0.276. The first-order valence-electron chi connectivity index (χ1n) is 8.91. The molecular formula is C17H18FN7OS. The van der Waals surface area contributed by atoms with Gasteiger partial charge in [0.2, 0.25) is 5.95 Å². The molecule has 1 saturated heterocycles. The van der Waals surface area contributed by atoms with Crippen LogP contribution < -0.4 is 10.2 Å². The van der Waals surface area contributed by atoms with Gasteiger partial charge in [0.25, 0.3) is 0 Å². The number of hydrogen-bond donors (Lipinski definition) is 2. The van der Waals surface area contributed by atoms with E-state index >= 15 is 0 Å². The Bertz CT molecular complexity index is 935. The van der Waals surface area contributed by atoms with Crippen LogP contribution in [0.1, 0.15) is 17.7 Å². The van der Waals surface area contributed by atoms with Crippen molar-refractivity contribution >= 4 is 28.2 Å². The van der Waals surface area contributed by atoms with E-state index in [0.29, 0.717) is 11.1 Å². The average Bonchev–Trinajstić information content (AvgIpc) is 3.40. The summed E-state index contributed by atoms with van der Waals surface area (Å²) in [5.41, 5.74) is 1.91. The summed E-state index contributed by atoms with van der Waals surface area (Å²) < 4.78 is 18.8. The van der Waals surface area contributed by atoms with Crippen LogP contribution in [0.25, 0.3) is 11.3 Å². The van der Waals surface area contributed by atoms with Crippen LogP contribution in [0.3, 0.4) is 0 Å². The molecule has 0 radical (unpaired) electrons. The van der Waals surface area contributed by atoms with Crippen molar-refractivity contribution in [3.05, 3.63) is 29.3 Å². The lowest BCUT2D eigenvalue weighted by molar-refractivity contribution is 0.115. The van der Waals surface area contributed by atoms with Gasteiger partial charge in [-0.1, -0.05) is 0 Å². The van der Waals surface area contributed by atoms with Gasteiger partial charge >= 0.3 is 0 Å². The highest BCUT2D eigenvalue weighted by Gasteiger charge is 2.28. The lowest BCUT2D eigenvalue weighted by atomic mass is 10.2. The van der Waals surface area contributed by atoms with E-state index in [9.17, 15) is 4.39 Å². The van der Waals surface area contributed by atoms with Crippen LogP contribution >= 0.6 is 11.3 Å². The number of aromatic amines is 1. The van der Waals surface area contributed by atoms with Crippen molar-refractivity contribution in [2.45, 2.75) is 25.4 Å². The third kappa shape index (κ3) is 3.26. The minimum atomic E-state index is -0.468. The first-order chi connectivity index (χ1) is 13.3. The van der Waals surface area contributed by atoms with Gasteiger partial charge in [0.15, 0.2) is 10.9 Å². The monoisotopic (exact) mass is 387 g/mol. The predicted octanol–water partition coefficient (Wildman–Crippen LogP) is 2.75. The molecule has 3 aromatic rings. The molecular weight excluding hydrogens is 369 g/mol. The van der Waals surface area contributed by atoms with Gasteiger partial charge in [-0.15, -0.1) is 11.3 Å². The summed E-state index contributed by atoms with van der Waals surface area (Å²) in [5.74, 6) is 0.844. The molecule has 0 spiro atoms.